The molecule has 1 saturated heterocycles. The van der Waals surface area contributed by atoms with E-state index in [4.69, 9.17) is 4.74 Å². The van der Waals surface area contributed by atoms with Crippen molar-refractivity contribution in [3.63, 3.8) is 0 Å². The number of piperidine rings is 1. The molecule has 1 amide bonds. The molecule has 0 saturated carbocycles. The van der Waals surface area contributed by atoms with Gasteiger partial charge >= 0.3 is 0 Å². The van der Waals surface area contributed by atoms with Crippen molar-refractivity contribution in [3.05, 3.63) is 120 Å². The molecule has 5 rings (SSSR count). The van der Waals surface area contributed by atoms with Crippen molar-refractivity contribution in [2.45, 2.75) is 24.8 Å². The van der Waals surface area contributed by atoms with E-state index in [1.165, 1.54) is 36.9 Å². The van der Waals surface area contributed by atoms with Gasteiger partial charge in [-0.05, 0) is 73.8 Å². The van der Waals surface area contributed by atoms with E-state index in [2.05, 4.69) is 32.3 Å². The van der Waals surface area contributed by atoms with Crippen LogP contribution in [0.25, 0.3) is 0 Å². The van der Waals surface area contributed by atoms with Crippen LogP contribution in [-0.4, -0.2) is 40.5 Å². The fourth-order valence-corrected chi connectivity index (χ4v) is 4.97. The monoisotopic (exact) mass is 514 g/mol. The second kappa shape index (κ2) is 11.9. The fourth-order valence-electron chi connectivity index (χ4n) is 4.97. The first-order valence-electron chi connectivity index (χ1n) is 12.6. The fraction of sp³-hybridized carbons (Fsp3) is 0.233. The topological polar surface area (TPSA) is 67.4 Å². The minimum absolute atomic E-state index is 0.0138. The summed E-state index contributed by atoms with van der Waals surface area (Å²) >= 11 is 0. The van der Waals surface area contributed by atoms with Crippen LogP contribution >= 0.6 is 0 Å². The predicted molar refractivity (Wildman–Crippen MR) is 141 cm³/mol. The summed E-state index contributed by atoms with van der Waals surface area (Å²) in [6.45, 7) is 1.86. The SMILES string of the molecule is O=C(Nc1cccc(F)c1C1CCN(C(COc2ccc(F)cc2)c2ccccc2)CC1)c1cncnc1. The van der Waals surface area contributed by atoms with Crippen molar-refractivity contribution >= 4 is 11.6 Å². The molecule has 1 atom stereocenters. The maximum atomic E-state index is 15.1. The zero-order valence-electron chi connectivity index (χ0n) is 20.8. The van der Waals surface area contributed by atoms with E-state index >= 15 is 4.39 Å². The second-order valence-corrected chi connectivity index (χ2v) is 9.28. The Morgan fingerprint density at radius 2 is 1.66 bits per heavy atom. The van der Waals surface area contributed by atoms with Gasteiger partial charge in [0.05, 0.1) is 11.6 Å². The van der Waals surface area contributed by atoms with Crippen LogP contribution in [0.15, 0.2) is 91.5 Å². The lowest BCUT2D eigenvalue weighted by molar-refractivity contribution is 0.102. The molecule has 1 unspecified atom stereocenters. The highest BCUT2D eigenvalue weighted by Crippen LogP contribution is 2.37. The Kier molecular flexibility index (Phi) is 7.99. The van der Waals surface area contributed by atoms with Crippen molar-refractivity contribution in [2.24, 2.45) is 0 Å². The zero-order chi connectivity index (χ0) is 26.3. The molecule has 8 heteroatoms. The molecule has 0 radical (unpaired) electrons. The summed E-state index contributed by atoms with van der Waals surface area (Å²) < 4.78 is 34.5. The molecule has 0 bridgehead atoms. The number of amides is 1. The summed E-state index contributed by atoms with van der Waals surface area (Å²) in [7, 11) is 0. The predicted octanol–water partition coefficient (Wildman–Crippen LogP) is 6.01. The summed E-state index contributed by atoms with van der Waals surface area (Å²) in [6.07, 6.45) is 5.65. The lowest BCUT2D eigenvalue weighted by atomic mass is 9.86. The Morgan fingerprint density at radius 3 is 2.37 bits per heavy atom. The second-order valence-electron chi connectivity index (χ2n) is 9.28. The third-order valence-corrected chi connectivity index (χ3v) is 6.91. The molecule has 0 aliphatic carbocycles. The maximum Gasteiger partial charge on any atom is 0.258 e. The number of carbonyl (C=O) groups excluding carboxylic acids is 1. The van der Waals surface area contributed by atoms with Crippen LogP contribution in [0.5, 0.6) is 5.75 Å². The van der Waals surface area contributed by atoms with Crippen LogP contribution in [0.1, 0.15) is 46.3 Å². The van der Waals surface area contributed by atoms with E-state index < -0.39 is 0 Å². The standard InChI is InChI=1S/C30H28F2N4O2/c31-24-9-11-25(12-10-24)38-19-28(21-5-2-1-3-6-21)36-15-13-22(14-16-36)29-26(32)7-4-8-27(29)35-30(37)23-17-33-20-34-18-23/h1-12,17-18,20,22,28H,13-16,19H2,(H,35,37). The molecule has 1 fully saturated rings. The number of ether oxygens (including phenoxy) is 1. The number of anilines is 1. The average molecular weight is 515 g/mol. The zero-order valence-corrected chi connectivity index (χ0v) is 20.8. The van der Waals surface area contributed by atoms with E-state index in [0.29, 0.717) is 29.2 Å². The van der Waals surface area contributed by atoms with Gasteiger partial charge in [0.2, 0.25) is 0 Å². The largest absolute Gasteiger partial charge is 0.492 e. The number of hydrogen-bond donors (Lipinski definition) is 1. The number of nitrogens with zero attached hydrogens (tertiary/aromatic N) is 3. The lowest BCUT2D eigenvalue weighted by Gasteiger charge is -2.38. The highest BCUT2D eigenvalue weighted by molar-refractivity contribution is 6.04. The summed E-state index contributed by atoms with van der Waals surface area (Å²) in [4.78, 5) is 22.8. The van der Waals surface area contributed by atoms with Crippen molar-refractivity contribution in [1.82, 2.24) is 14.9 Å². The van der Waals surface area contributed by atoms with Crippen LogP contribution in [0.3, 0.4) is 0 Å². The highest BCUT2D eigenvalue weighted by Gasteiger charge is 2.30. The van der Waals surface area contributed by atoms with Gasteiger partial charge in [-0.1, -0.05) is 36.4 Å². The van der Waals surface area contributed by atoms with Gasteiger partial charge in [0.1, 0.15) is 30.3 Å². The first-order valence-corrected chi connectivity index (χ1v) is 12.6. The molecule has 194 valence electrons. The quantitative estimate of drug-likeness (QED) is 0.312. The Balaban J connectivity index is 1.30. The van der Waals surface area contributed by atoms with E-state index in [-0.39, 0.29) is 29.5 Å². The Morgan fingerprint density at radius 1 is 0.947 bits per heavy atom. The summed E-state index contributed by atoms with van der Waals surface area (Å²) in [6, 6.07) is 20.9. The molecular formula is C30H28F2N4O2. The molecule has 38 heavy (non-hydrogen) atoms. The first kappa shape index (κ1) is 25.5. The Labute approximate surface area is 220 Å². The number of likely N-dealkylation sites (tertiary alicyclic amines) is 1. The number of carbonyl (C=O) groups is 1. The molecule has 1 aromatic heterocycles. The van der Waals surface area contributed by atoms with E-state index in [0.717, 1.165) is 31.5 Å². The van der Waals surface area contributed by atoms with Crippen molar-refractivity contribution in [1.29, 1.82) is 0 Å². The third kappa shape index (κ3) is 6.03. The molecule has 0 spiro atoms. The van der Waals surface area contributed by atoms with Gasteiger partial charge in [-0.3, -0.25) is 9.69 Å². The van der Waals surface area contributed by atoms with Crippen LogP contribution in [0.4, 0.5) is 14.5 Å². The number of hydrogen-bond acceptors (Lipinski definition) is 5. The normalized spacial score (nSPS) is 15.1. The van der Waals surface area contributed by atoms with Gasteiger partial charge in [-0.2, -0.15) is 0 Å². The molecule has 1 N–H and O–H groups in total. The maximum absolute atomic E-state index is 15.1. The first-order chi connectivity index (χ1) is 18.6. The molecular weight excluding hydrogens is 486 g/mol. The molecule has 2 heterocycles. The van der Waals surface area contributed by atoms with E-state index in [1.54, 1.807) is 24.3 Å². The molecule has 3 aromatic carbocycles. The van der Waals surface area contributed by atoms with Gasteiger partial charge in [0, 0.05) is 23.6 Å². The molecule has 1 aliphatic heterocycles. The minimum Gasteiger partial charge on any atom is -0.492 e. The van der Waals surface area contributed by atoms with Gasteiger partial charge in [-0.15, -0.1) is 0 Å². The van der Waals surface area contributed by atoms with E-state index in [1.807, 2.05) is 18.2 Å². The van der Waals surface area contributed by atoms with Crippen LogP contribution < -0.4 is 10.1 Å². The molecule has 6 nitrogen and oxygen atoms in total. The Hall–Kier alpha value is -4.17. The number of rotatable bonds is 8. The van der Waals surface area contributed by atoms with Crippen molar-refractivity contribution in [2.75, 3.05) is 25.0 Å². The summed E-state index contributed by atoms with van der Waals surface area (Å²) in [5, 5.41) is 2.85. The number of benzene rings is 3. The van der Waals surface area contributed by atoms with E-state index in [9.17, 15) is 9.18 Å². The molecule has 1 aliphatic rings. The minimum atomic E-state index is -0.378. The lowest BCUT2D eigenvalue weighted by Crippen LogP contribution is -2.39. The summed E-state index contributed by atoms with van der Waals surface area (Å²) in [5.74, 6) is -0.455. The van der Waals surface area contributed by atoms with Crippen LogP contribution in [0.2, 0.25) is 0 Å². The smallest absolute Gasteiger partial charge is 0.258 e. The third-order valence-electron chi connectivity index (χ3n) is 6.91. The number of aromatic nitrogens is 2. The van der Waals surface area contributed by atoms with Crippen molar-refractivity contribution < 1.29 is 18.3 Å². The van der Waals surface area contributed by atoms with Crippen LogP contribution in [0, 0.1) is 11.6 Å². The number of halogens is 2. The van der Waals surface area contributed by atoms with Gasteiger partial charge < -0.3 is 10.1 Å². The number of nitrogens with one attached hydrogen (secondary N) is 1. The van der Waals surface area contributed by atoms with Gasteiger partial charge in [0.15, 0.2) is 0 Å². The van der Waals surface area contributed by atoms with Crippen molar-refractivity contribution in [3.8, 4) is 5.75 Å². The Bertz CT molecular complexity index is 1350. The van der Waals surface area contributed by atoms with Gasteiger partial charge in [0.25, 0.3) is 5.91 Å². The summed E-state index contributed by atoms with van der Waals surface area (Å²) in [5.41, 5.74) is 2.43. The van der Waals surface area contributed by atoms with Crippen LogP contribution in [-0.2, 0) is 0 Å². The molecule has 4 aromatic rings. The van der Waals surface area contributed by atoms with Gasteiger partial charge in [-0.25, -0.2) is 18.7 Å². The average Bonchev–Trinajstić information content (AvgIpc) is 2.96. The highest BCUT2D eigenvalue weighted by atomic mass is 19.1.